The minimum Gasteiger partial charge on any atom is -0.497 e. The molecular formula is C20H20N4O5. The van der Waals surface area contributed by atoms with Gasteiger partial charge in [-0.1, -0.05) is 19.9 Å². The zero-order valence-corrected chi connectivity index (χ0v) is 16.2. The van der Waals surface area contributed by atoms with Crippen LogP contribution in [0.1, 0.15) is 24.2 Å². The second-order valence-corrected chi connectivity index (χ2v) is 6.87. The van der Waals surface area contributed by atoms with E-state index < -0.39 is 10.8 Å². The van der Waals surface area contributed by atoms with Gasteiger partial charge in [-0.2, -0.15) is 0 Å². The molecule has 0 fully saturated rings. The van der Waals surface area contributed by atoms with Gasteiger partial charge in [0.2, 0.25) is 5.88 Å². The number of carbonyl (C=O) groups excluding carboxylic acids is 1. The second kappa shape index (κ2) is 8.09. The fourth-order valence-corrected chi connectivity index (χ4v) is 2.98. The van der Waals surface area contributed by atoms with E-state index in [4.69, 9.17) is 4.74 Å². The average Bonchev–Trinajstić information content (AvgIpc) is 2.96. The Labute approximate surface area is 166 Å². The molecule has 0 aliphatic rings. The highest BCUT2D eigenvalue weighted by atomic mass is 16.6. The quantitative estimate of drug-likeness (QED) is 0.363. The van der Waals surface area contributed by atoms with Gasteiger partial charge in [0, 0.05) is 24.1 Å². The number of azo groups is 1. The van der Waals surface area contributed by atoms with Gasteiger partial charge in [0.1, 0.15) is 5.75 Å². The summed E-state index contributed by atoms with van der Waals surface area (Å²) in [4.78, 5) is 22.6. The van der Waals surface area contributed by atoms with Crippen molar-refractivity contribution in [3.8, 4) is 11.6 Å². The third-order valence-corrected chi connectivity index (χ3v) is 4.31. The number of ether oxygens (including phenoxy) is 1. The predicted molar refractivity (Wildman–Crippen MR) is 107 cm³/mol. The van der Waals surface area contributed by atoms with Crippen LogP contribution in [0.5, 0.6) is 11.6 Å². The van der Waals surface area contributed by atoms with Crippen LogP contribution in [0.3, 0.4) is 0 Å². The summed E-state index contributed by atoms with van der Waals surface area (Å²) in [6.45, 7) is 4.58. The molecule has 0 aliphatic carbocycles. The minimum atomic E-state index is -0.749. The highest BCUT2D eigenvalue weighted by Crippen LogP contribution is 2.41. The number of nitro groups is 1. The molecule has 150 valence electrons. The molecule has 0 aliphatic heterocycles. The fraction of sp³-hybridized carbons (Fsp3) is 0.250. The third kappa shape index (κ3) is 4.08. The molecule has 9 heteroatoms. The van der Waals surface area contributed by atoms with Crippen molar-refractivity contribution >= 4 is 28.2 Å². The maximum atomic E-state index is 12.4. The summed E-state index contributed by atoms with van der Waals surface area (Å²) in [5, 5.41) is 29.8. The van der Waals surface area contributed by atoms with Crippen LogP contribution in [0, 0.1) is 16.0 Å². The first kappa shape index (κ1) is 20.0. The molecule has 0 atom stereocenters. The number of hydrogen-bond acceptors (Lipinski definition) is 6. The number of aromatic nitrogens is 1. The Balaban J connectivity index is 2.04. The first-order chi connectivity index (χ1) is 13.8. The SMILES string of the molecule is COc1ccc2c(c1)c(N=NC(=O)c1cccc([N+](=O)[O-])c1)c(O)n2CC(C)C. The molecule has 0 saturated carbocycles. The lowest BCUT2D eigenvalue weighted by atomic mass is 10.2. The molecule has 0 saturated heterocycles. The summed E-state index contributed by atoms with van der Waals surface area (Å²) in [6.07, 6.45) is 0. The number of rotatable bonds is 6. The molecule has 0 unspecified atom stereocenters. The average molecular weight is 396 g/mol. The van der Waals surface area contributed by atoms with Crippen molar-refractivity contribution in [3.05, 3.63) is 58.1 Å². The monoisotopic (exact) mass is 396 g/mol. The Kier molecular flexibility index (Phi) is 5.58. The molecule has 0 radical (unpaired) electrons. The minimum absolute atomic E-state index is 0.0333. The van der Waals surface area contributed by atoms with Crippen LogP contribution in [0.25, 0.3) is 10.9 Å². The lowest BCUT2D eigenvalue weighted by Crippen LogP contribution is -2.03. The standard InChI is InChI=1S/C20H20N4O5/c1-12(2)11-23-17-8-7-15(29-3)10-16(17)18(20(23)26)21-22-19(25)13-5-4-6-14(9-13)24(27)28/h4-10,12,26H,11H2,1-3H3. The summed E-state index contributed by atoms with van der Waals surface area (Å²) in [5.41, 5.74) is 0.685. The Morgan fingerprint density at radius 2 is 2.03 bits per heavy atom. The van der Waals surface area contributed by atoms with Crippen LogP contribution in [0.2, 0.25) is 0 Å². The number of nitro benzene ring substituents is 1. The maximum Gasteiger partial charge on any atom is 0.295 e. The van der Waals surface area contributed by atoms with Gasteiger partial charge < -0.3 is 14.4 Å². The summed E-state index contributed by atoms with van der Waals surface area (Å²) in [7, 11) is 1.53. The van der Waals surface area contributed by atoms with Crippen LogP contribution in [-0.2, 0) is 6.54 Å². The lowest BCUT2D eigenvalue weighted by molar-refractivity contribution is -0.384. The molecule has 2 aromatic carbocycles. The number of benzene rings is 2. The largest absolute Gasteiger partial charge is 0.497 e. The van der Waals surface area contributed by atoms with Crippen molar-refractivity contribution in [2.45, 2.75) is 20.4 Å². The van der Waals surface area contributed by atoms with E-state index in [9.17, 15) is 20.0 Å². The van der Waals surface area contributed by atoms with Crippen LogP contribution in [0.4, 0.5) is 11.4 Å². The highest BCUT2D eigenvalue weighted by Gasteiger charge is 2.19. The van der Waals surface area contributed by atoms with E-state index in [1.165, 1.54) is 25.3 Å². The molecule has 0 spiro atoms. The normalized spacial score (nSPS) is 11.4. The number of methoxy groups -OCH3 is 1. The van der Waals surface area contributed by atoms with Crippen molar-refractivity contribution in [1.29, 1.82) is 0 Å². The zero-order chi connectivity index (χ0) is 21.1. The third-order valence-electron chi connectivity index (χ3n) is 4.31. The molecule has 1 aromatic heterocycles. The van der Waals surface area contributed by atoms with E-state index >= 15 is 0 Å². The van der Waals surface area contributed by atoms with Crippen LogP contribution >= 0.6 is 0 Å². The summed E-state index contributed by atoms with van der Waals surface area (Å²) < 4.78 is 6.94. The van der Waals surface area contributed by atoms with Gasteiger partial charge in [-0.15, -0.1) is 10.2 Å². The number of non-ortho nitro benzene ring substituents is 1. The topological polar surface area (TPSA) is 119 Å². The molecular weight excluding hydrogens is 376 g/mol. The van der Waals surface area contributed by atoms with E-state index in [0.717, 1.165) is 11.6 Å². The lowest BCUT2D eigenvalue weighted by Gasteiger charge is -2.09. The smallest absolute Gasteiger partial charge is 0.295 e. The molecule has 1 heterocycles. The van der Waals surface area contributed by atoms with Crippen molar-refractivity contribution < 1.29 is 19.6 Å². The Bertz CT molecular complexity index is 1120. The van der Waals surface area contributed by atoms with Gasteiger partial charge in [-0.25, -0.2) is 0 Å². The zero-order valence-electron chi connectivity index (χ0n) is 16.2. The number of amides is 1. The molecule has 1 amide bonds. The van der Waals surface area contributed by atoms with E-state index in [1.807, 2.05) is 13.8 Å². The Morgan fingerprint density at radius 1 is 1.28 bits per heavy atom. The number of fused-ring (bicyclic) bond motifs is 1. The van der Waals surface area contributed by atoms with Gasteiger partial charge >= 0.3 is 0 Å². The molecule has 3 aromatic rings. The van der Waals surface area contributed by atoms with Crippen LogP contribution < -0.4 is 4.74 Å². The van der Waals surface area contributed by atoms with Gasteiger partial charge in [0.15, 0.2) is 5.69 Å². The molecule has 0 bridgehead atoms. The van der Waals surface area contributed by atoms with Crippen molar-refractivity contribution in [2.75, 3.05) is 7.11 Å². The first-order valence-electron chi connectivity index (χ1n) is 8.91. The summed E-state index contributed by atoms with van der Waals surface area (Å²) >= 11 is 0. The van der Waals surface area contributed by atoms with Crippen molar-refractivity contribution in [1.82, 2.24) is 4.57 Å². The molecule has 29 heavy (non-hydrogen) atoms. The van der Waals surface area contributed by atoms with E-state index in [0.29, 0.717) is 17.7 Å². The second-order valence-electron chi connectivity index (χ2n) is 6.87. The first-order valence-corrected chi connectivity index (χ1v) is 8.91. The van der Waals surface area contributed by atoms with Gasteiger partial charge in [0.25, 0.3) is 11.6 Å². The predicted octanol–water partition coefficient (Wildman–Crippen LogP) is 4.84. The highest BCUT2D eigenvalue weighted by molar-refractivity contribution is 5.98. The Morgan fingerprint density at radius 3 is 2.69 bits per heavy atom. The number of aromatic hydroxyl groups is 1. The molecule has 1 N–H and O–H groups in total. The molecule has 3 rings (SSSR count). The maximum absolute atomic E-state index is 12.4. The number of carbonyl (C=O) groups is 1. The van der Waals surface area contributed by atoms with Crippen molar-refractivity contribution in [3.63, 3.8) is 0 Å². The van der Waals surface area contributed by atoms with E-state index in [-0.39, 0.29) is 28.7 Å². The number of hydrogen-bond donors (Lipinski definition) is 1. The fourth-order valence-electron chi connectivity index (χ4n) is 2.98. The number of nitrogens with zero attached hydrogens (tertiary/aromatic N) is 4. The van der Waals surface area contributed by atoms with Crippen LogP contribution in [0.15, 0.2) is 52.7 Å². The van der Waals surface area contributed by atoms with E-state index in [1.54, 1.807) is 22.8 Å². The molecule has 9 nitrogen and oxygen atoms in total. The Hall–Kier alpha value is -3.75. The summed E-state index contributed by atoms with van der Waals surface area (Å²) in [5.74, 6) is -0.0335. The summed E-state index contributed by atoms with van der Waals surface area (Å²) in [6, 6.07) is 10.5. The van der Waals surface area contributed by atoms with E-state index in [2.05, 4.69) is 10.2 Å². The van der Waals surface area contributed by atoms with Gasteiger partial charge in [0.05, 0.1) is 23.1 Å². The van der Waals surface area contributed by atoms with Crippen LogP contribution in [-0.4, -0.2) is 27.6 Å². The van der Waals surface area contributed by atoms with Crippen molar-refractivity contribution in [2.24, 2.45) is 16.1 Å². The van der Waals surface area contributed by atoms with Gasteiger partial charge in [-0.3, -0.25) is 14.9 Å². The van der Waals surface area contributed by atoms with Gasteiger partial charge in [-0.05, 0) is 30.2 Å².